The lowest BCUT2D eigenvalue weighted by atomic mass is 10.1. The molecule has 0 atom stereocenters. The number of methoxy groups -OCH3 is 1. The first-order valence-electron chi connectivity index (χ1n) is 9.56. The Bertz CT molecular complexity index is 992. The number of ether oxygens (including phenoxy) is 3. The predicted octanol–water partition coefficient (Wildman–Crippen LogP) is 3.90. The maximum atomic E-state index is 12.0. The van der Waals surface area contributed by atoms with Gasteiger partial charge in [0.1, 0.15) is 0 Å². The van der Waals surface area contributed by atoms with E-state index in [0.717, 1.165) is 29.8 Å². The van der Waals surface area contributed by atoms with Crippen molar-refractivity contribution in [3.63, 3.8) is 0 Å². The van der Waals surface area contributed by atoms with Crippen LogP contribution in [0.1, 0.15) is 43.1 Å². The zero-order chi connectivity index (χ0) is 19.5. The fourth-order valence-corrected chi connectivity index (χ4v) is 3.53. The average molecular weight is 381 g/mol. The summed E-state index contributed by atoms with van der Waals surface area (Å²) in [5, 5.41) is 4.39. The predicted molar refractivity (Wildman–Crippen MR) is 104 cm³/mol. The Labute approximate surface area is 163 Å². The van der Waals surface area contributed by atoms with Crippen molar-refractivity contribution >= 4 is 11.6 Å². The van der Waals surface area contributed by atoms with E-state index < -0.39 is 5.97 Å². The summed E-state index contributed by atoms with van der Waals surface area (Å²) in [5.41, 5.74) is 2.52. The molecule has 1 aliphatic rings. The van der Waals surface area contributed by atoms with E-state index in [1.165, 1.54) is 12.8 Å². The molecule has 0 unspecified atom stereocenters. The normalized spacial score (nSPS) is 14.4. The van der Waals surface area contributed by atoms with E-state index in [9.17, 15) is 4.79 Å². The first-order chi connectivity index (χ1) is 13.7. The molecule has 1 aliphatic carbocycles. The van der Waals surface area contributed by atoms with E-state index in [1.807, 2.05) is 24.3 Å². The largest absolute Gasteiger partial charge is 0.493 e. The summed E-state index contributed by atoms with van der Waals surface area (Å²) < 4.78 is 18.4. The lowest BCUT2D eigenvalue weighted by molar-refractivity contribution is 0.0519. The van der Waals surface area contributed by atoms with Crippen LogP contribution < -0.4 is 9.47 Å². The van der Waals surface area contributed by atoms with Gasteiger partial charge in [-0.2, -0.15) is 5.10 Å². The van der Waals surface area contributed by atoms with Crippen molar-refractivity contribution in [2.75, 3.05) is 13.7 Å². The number of fused-ring (bicyclic) bond motifs is 1. The number of carbonyl (C=O) groups is 1. The molecular formula is C21H23N3O4. The van der Waals surface area contributed by atoms with Crippen molar-refractivity contribution in [3.05, 3.63) is 42.2 Å². The first-order valence-corrected chi connectivity index (χ1v) is 9.56. The van der Waals surface area contributed by atoms with Crippen LogP contribution in [0, 0.1) is 0 Å². The number of hydrogen-bond acceptors (Lipinski definition) is 6. The van der Waals surface area contributed by atoms with E-state index in [2.05, 4.69) is 10.1 Å². The van der Waals surface area contributed by atoms with Gasteiger partial charge >= 0.3 is 5.97 Å². The fraction of sp³-hybridized carbons (Fsp3) is 0.381. The summed E-state index contributed by atoms with van der Waals surface area (Å²) in [4.78, 5) is 16.3. The molecule has 1 saturated carbocycles. The topological polar surface area (TPSA) is 75.0 Å². The van der Waals surface area contributed by atoms with Crippen molar-refractivity contribution < 1.29 is 19.0 Å². The second kappa shape index (κ2) is 7.88. The van der Waals surface area contributed by atoms with Crippen LogP contribution in [0.2, 0.25) is 0 Å². The number of hydrogen-bond donors (Lipinski definition) is 0. The molecular weight excluding hydrogens is 358 g/mol. The smallest absolute Gasteiger partial charge is 0.358 e. The number of carbonyl (C=O) groups excluding carboxylic acids is 1. The van der Waals surface area contributed by atoms with Crippen LogP contribution in [-0.4, -0.2) is 40.4 Å². The highest BCUT2D eigenvalue weighted by Crippen LogP contribution is 2.35. The van der Waals surface area contributed by atoms with Crippen LogP contribution in [0.25, 0.3) is 16.9 Å². The maximum absolute atomic E-state index is 12.0. The molecule has 1 fully saturated rings. The van der Waals surface area contributed by atoms with Gasteiger partial charge in [0.15, 0.2) is 22.8 Å². The lowest BCUT2D eigenvalue weighted by Gasteiger charge is -2.17. The molecule has 3 aromatic rings. The number of esters is 1. The van der Waals surface area contributed by atoms with E-state index >= 15 is 0 Å². The fourth-order valence-electron chi connectivity index (χ4n) is 3.53. The Morgan fingerprint density at radius 1 is 1.18 bits per heavy atom. The quantitative estimate of drug-likeness (QED) is 0.603. The molecule has 4 rings (SSSR count). The zero-order valence-electron chi connectivity index (χ0n) is 16.1. The molecule has 2 heterocycles. The summed E-state index contributed by atoms with van der Waals surface area (Å²) >= 11 is 0. The molecule has 2 aromatic heterocycles. The second-order valence-electron chi connectivity index (χ2n) is 6.74. The summed E-state index contributed by atoms with van der Waals surface area (Å²) in [7, 11) is 1.64. The first kappa shape index (κ1) is 18.3. The van der Waals surface area contributed by atoms with E-state index in [-0.39, 0.29) is 11.8 Å². The minimum absolute atomic E-state index is 0.224. The monoisotopic (exact) mass is 381 g/mol. The Kier molecular flexibility index (Phi) is 5.14. The van der Waals surface area contributed by atoms with Gasteiger partial charge < -0.3 is 14.2 Å². The Hall–Kier alpha value is -3.09. The van der Waals surface area contributed by atoms with Gasteiger partial charge in [0.2, 0.25) is 0 Å². The Balaban J connectivity index is 1.73. The van der Waals surface area contributed by atoms with Gasteiger partial charge in [-0.3, -0.25) is 0 Å². The molecule has 7 nitrogen and oxygen atoms in total. The number of aromatic nitrogens is 3. The number of nitrogens with zero attached hydrogens (tertiary/aromatic N) is 3. The van der Waals surface area contributed by atoms with E-state index in [4.69, 9.17) is 14.2 Å². The van der Waals surface area contributed by atoms with Gasteiger partial charge in [-0.15, -0.1) is 0 Å². The standard InChI is InChI=1S/C21H23N3O4/c1-3-27-21(25)16-13-20-22-11-10-17(24(20)23-16)14-8-9-18(26-2)19(12-14)28-15-6-4-5-7-15/h8-13,15H,3-7H2,1-2H3. The molecule has 7 heteroatoms. The minimum atomic E-state index is -0.459. The molecule has 0 amide bonds. The highest BCUT2D eigenvalue weighted by Gasteiger charge is 2.20. The molecule has 146 valence electrons. The number of rotatable bonds is 6. The van der Waals surface area contributed by atoms with Gasteiger partial charge in [0.25, 0.3) is 0 Å². The molecule has 0 spiro atoms. The van der Waals surface area contributed by atoms with Crippen LogP contribution in [0.3, 0.4) is 0 Å². The van der Waals surface area contributed by atoms with Crippen molar-refractivity contribution in [1.82, 2.24) is 14.6 Å². The van der Waals surface area contributed by atoms with Crippen LogP contribution in [-0.2, 0) is 4.74 Å². The highest BCUT2D eigenvalue weighted by atomic mass is 16.5. The summed E-state index contributed by atoms with van der Waals surface area (Å²) in [5.74, 6) is 0.960. The summed E-state index contributed by atoms with van der Waals surface area (Å²) in [6.07, 6.45) is 6.44. The second-order valence-corrected chi connectivity index (χ2v) is 6.74. The van der Waals surface area contributed by atoms with Crippen molar-refractivity contribution in [2.24, 2.45) is 0 Å². The average Bonchev–Trinajstić information content (AvgIpc) is 3.37. The number of benzene rings is 1. The van der Waals surface area contributed by atoms with Gasteiger partial charge in [0.05, 0.1) is 25.5 Å². The maximum Gasteiger partial charge on any atom is 0.358 e. The van der Waals surface area contributed by atoms with Crippen LogP contribution in [0.15, 0.2) is 36.5 Å². The van der Waals surface area contributed by atoms with E-state index in [0.29, 0.717) is 18.0 Å². The molecule has 0 aliphatic heterocycles. The van der Waals surface area contributed by atoms with Crippen molar-refractivity contribution in [1.29, 1.82) is 0 Å². The van der Waals surface area contributed by atoms with E-state index in [1.54, 1.807) is 30.8 Å². The highest BCUT2D eigenvalue weighted by molar-refractivity contribution is 5.88. The third-order valence-electron chi connectivity index (χ3n) is 4.90. The minimum Gasteiger partial charge on any atom is -0.493 e. The third kappa shape index (κ3) is 3.52. The van der Waals surface area contributed by atoms with Crippen molar-refractivity contribution in [3.8, 4) is 22.8 Å². The molecule has 0 bridgehead atoms. The molecule has 1 aromatic carbocycles. The molecule has 0 N–H and O–H groups in total. The lowest BCUT2D eigenvalue weighted by Crippen LogP contribution is -2.11. The SMILES string of the molecule is CCOC(=O)c1cc2nccc(-c3ccc(OC)c(OC4CCCC4)c3)n2n1. The van der Waals surface area contributed by atoms with Gasteiger partial charge in [0, 0.05) is 17.8 Å². The van der Waals surface area contributed by atoms with Crippen LogP contribution >= 0.6 is 0 Å². The Morgan fingerprint density at radius 3 is 2.75 bits per heavy atom. The zero-order valence-corrected chi connectivity index (χ0v) is 16.1. The Morgan fingerprint density at radius 2 is 2.00 bits per heavy atom. The summed E-state index contributed by atoms with van der Waals surface area (Å²) in [6.45, 7) is 2.06. The van der Waals surface area contributed by atoms with Crippen molar-refractivity contribution in [2.45, 2.75) is 38.7 Å². The molecule has 28 heavy (non-hydrogen) atoms. The van der Waals surface area contributed by atoms with Crippen LogP contribution in [0.4, 0.5) is 0 Å². The van der Waals surface area contributed by atoms with Gasteiger partial charge in [-0.05, 0) is 56.9 Å². The van der Waals surface area contributed by atoms with Gasteiger partial charge in [-0.25, -0.2) is 14.3 Å². The summed E-state index contributed by atoms with van der Waals surface area (Å²) in [6, 6.07) is 9.27. The third-order valence-corrected chi connectivity index (χ3v) is 4.90. The molecule has 0 radical (unpaired) electrons. The van der Waals surface area contributed by atoms with Gasteiger partial charge in [-0.1, -0.05) is 0 Å². The molecule has 0 saturated heterocycles. The van der Waals surface area contributed by atoms with Crippen LogP contribution in [0.5, 0.6) is 11.5 Å².